The summed E-state index contributed by atoms with van der Waals surface area (Å²) < 4.78 is 12.8. The van der Waals surface area contributed by atoms with Crippen LogP contribution in [0.3, 0.4) is 0 Å². The molecule has 0 spiro atoms. The number of rotatable bonds is 12. The van der Waals surface area contributed by atoms with Crippen LogP contribution in [0.15, 0.2) is 185 Å². The lowest BCUT2D eigenvalue weighted by Crippen LogP contribution is -2.33. The van der Waals surface area contributed by atoms with Gasteiger partial charge < -0.3 is 20.0 Å². The quantitative estimate of drug-likeness (QED) is 0.0376. The molecule has 0 unspecified atom stereocenters. The molecule has 0 aliphatic heterocycles. The van der Waals surface area contributed by atoms with E-state index in [-0.39, 0.29) is 25.9 Å². The monoisotopic (exact) mass is 1100 g/mol. The van der Waals surface area contributed by atoms with Crippen LogP contribution in [-0.4, -0.2) is 41.2 Å². The van der Waals surface area contributed by atoms with Gasteiger partial charge in [0.25, 0.3) is 7.98 Å². The summed E-state index contributed by atoms with van der Waals surface area (Å²) >= 11 is 0. The minimum Gasteiger partial charge on any atom is -0.478 e. The molecule has 80 heavy (non-hydrogen) atoms. The summed E-state index contributed by atoms with van der Waals surface area (Å²) in [7, 11) is 6.97. The number of hydrogen-bond acceptors (Lipinski definition) is 4. The Morgan fingerprint density at radius 3 is 1.74 bits per heavy atom. The van der Waals surface area contributed by atoms with E-state index in [0.29, 0.717) is 11.1 Å². The number of fused-ring (bicyclic) bond motifs is 2. The van der Waals surface area contributed by atoms with Crippen molar-refractivity contribution >= 4 is 64.3 Å². The molecule has 422 valence electrons. The predicted molar refractivity (Wildman–Crippen MR) is 347 cm³/mol. The molecule has 3 aliphatic carbocycles. The van der Waals surface area contributed by atoms with Crippen molar-refractivity contribution in [2.45, 2.75) is 138 Å². The zero-order chi connectivity index (χ0) is 61.0. The largest absolute Gasteiger partial charge is 0.478 e. The molecule has 0 heterocycles. The topological polar surface area (TPSA) is 124 Å². The van der Waals surface area contributed by atoms with E-state index in [9.17, 15) is 14.4 Å². The van der Waals surface area contributed by atoms with Crippen LogP contribution in [-0.2, 0) is 21.0 Å². The maximum absolute atomic E-state index is 11.0. The number of nitrogens with zero attached hydrogens (tertiary/aromatic N) is 1. The Balaban J connectivity index is 0.000000608. The molecule has 0 fully saturated rings. The third-order valence-electron chi connectivity index (χ3n) is 15.6. The molecule has 9 heteroatoms. The normalized spacial score (nSPS) is 17.2. The smallest absolute Gasteiger partial charge is 0.335 e. The van der Waals surface area contributed by atoms with Gasteiger partial charge in [-0.1, -0.05) is 206 Å². The highest BCUT2D eigenvalue weighted by Gasteiger charge is 2.37. The van der Waals surface area contributed by atoms with Crippen LogP contribution in [0.4, 0.5) is 0 Å². The predicted octanol–water partition coefficient (Wildman–Crippen LogP) is 19.9. The Morgan fingerprint density at radius 2 is 1.16 bits per heavy atom. The minimum absolute atomic E-state index is 0. The summed E-state index contributed by atoms with van der Waals surface area (Å²) in [6.45, 7) is 26.8. The van der Waals surface area contributed by atoms with Crippen molar-refractivity contribution < 1.29 is 37.0 Å². The SMILES string of the molecule is C/C(=C\c1ccc(C(=O)O)cc1)c1ccc2c(c1)C(C)(C)CCC2(C)C.CC1(C)CC=C(c2ccccc2)c2cc(/C=C/c3ccc(C(=O)O)cc3)ccc21.CC1=C(/C=C/C(C)=C\C=C\C(C)=C\C(=O)O)C(C)(C)CCC1.[3H][3H].[B]N=P.[HH].[HH].[HH]. The Hall–Kier alpha value is -7.41. The van der Waals surface area contributed by atoms with E-state index in [2.05, 4.69) is 189 Å². The summed E-state index contributed by atoms with van der Waals surface area (Å²) in [4.78, 5) is 32.5. The zero-order valence-corrected chi connectivity index (χ0v) is 50.1. The second-order valence-electron chi connectivity index (χ2n) is 23.8. The molecule has 0 amide bonds. The van der Waals surface area contributed by atoms with Crippen molar-refractivity contribution in [3.63, 3.8) is 0 Å². The molecule has 0 atom stereocenters. The van der Waals surface area contributed by atoms with Crippen LogP contribution in [0.5, 0.6) is 0 Å². The molecular weight excluding hydrogens is 1000 g/mol. The fourth-order valence-electron chi connectivity index (χ4n) is 10.6. The lowest BCUT2D eigenvalue weighted by molar-refractivity contribution is -0.131. The highest BCUT2D eigenvalue weighted by atomic mass is 31.0. The van der Waals surface area contributed by atoms with Crippen molar-refractivity contribution in [2.75, 3.05) is 0 Å². The first kappa shape index (κ1) is 61.8. The van der Waals surface area contributed by atoms with Gasteiger partial charge >= 0.3 is 17.9 Å². The van der Waals surface area contributed by atoms with Gasteiger partial charge in [-0.05, 0) is 200 Å². The molecule has 0 aromatic heterocycles. The second-order valence-corrected chi connectivity index (χ2v) is 24.1. The number of aromatic carboxylic acids is 2. The molecule has 3 aliphatic rings. The Bertz CT molecular complexity index is 3310. The molecule has 0 saturated heterocycles. The highest BCUT2D eigenvalue weighted by Crippen LogP contribution is 2.47. The number of carboxylic acid groups (broad SMARTS) is 3. The third kappa shape index (κ3) is 17.8. The van der Waals surface area contributed by atoms with Crippen LogP contribution >= 0.6 is 9.03 Å². The molecular formula is C71H89BNO6P. The average Bonchev–Trinajstić information content (AvgIpc) is 1.45. The van der Waals surface area contributed by atoms with E-state index in [4.69, 9.17) is 18.3 Å². The van der Waals surface area contributed by atoms with Crippen LogP contribution in [0.25, 0.3) is 29.4 Å². The van der Waals surface area contributed by atoms with Gasteiger partial charge in [-0.3, -0.25) is 0 Å². The second kappa shape index (κ2) is 28.1. The Morgan fingerprint density at radius 1 is 0.625 bits per heavy atom. The highest BCUT2D eigenvalue weighted by molar-refractivity contribution is 7.05. The molecule has 3 N–H and O–H groups in total. The van der Waals surface area contributed by atoms with Crippen molar-refractivity contribution in [1.82, 2.24) is 0 Å². The maximum atomic E-state index is 11.0. The number of carbonyl (C=O) groups is 3. The number of allylic oxidation sites excluding steroid dienone is 11. The maximum Gasteiger partial charge on any atom is 0.335 e. The lowest BCUT2D eigenvalue weighted by Gasteiger charge is -2.42. The number of benzene rings is 5. The van der Waals surface area contributed by atoms with Crippen molar-refractivity contribution in [3.8, 4) is 0 Å². The standard InChI is InChI=1S/C27H24O2.C24H28O2.C20H28O2.BHNP.4H2/c1-27(2)17-16-23(21-6-4-3-5-7-21)24-18-20(12-15-25(24)27)9-8-19-10-13-22(14-11-19)26(28)29;1-16(14-17-6-8-18(9-7-17)22(25)26)19-10-11-20-21(15-19)24(4,5)13-12-23(20,2)3;1-15(8-6-9-16(2)14-19(21)22)11-12-18-17(3)10-7-13-20(18,4)5;1-2-3;;;;/h3-16,18H,17H2,1-2H3,(H,28,29);6-11,14-15H,12-13H2,1-5H3,(H,25,26);6,8-9,11-12,14H,7,10,13H2,1-5H3,(H,21,22);3H;4*1H/b9-8+;16-14+;9-6+,12-11+,15-8-,16-14+;;;;;/i;;;;1+2T;;;. The van der Waals surface area contributed by atoms with Crippen molar-refractivity contribution in [3.05, 3.63) is 241 Å². The van der Waals surface area contributed by atoms with E-state index in [1.54, 1.807) is 37.3 Å². The number of hydrogen-bond donors (Lipinski definition) is 3. The average molecular weight is 1100 g/mol. The molecule has 0 bridgehead atoms. The number of carboxylic acids is 3. The van der Waals surface area contributed by atoms with E-state index in [1.807, 2.05) is 48.6 Å². The van der Waals surface area contributed by atoms with Crippen molar-refractivity contribution in [2.24, 2.45) is 10.1 Å². The first-order valence-corrected chi connectivity index (χ1v) is 27.9. The van der Waals surface area contributed by atoms with Gasteiger partial charge in [-0.25, -0.2) is 14.4 Å². The van der Waals surface area contributed by atoms with Gasteiger partial charge in [0.1, 0.15) is 0 Å². The Labute approximate surface area is 488 Å². The van der Waals surface area contributed by atoms with Crippen LogP contribution in [0.1, 0.15) is 200 Å². The van der Waals surface area contributed by atoms with E-state index >= 15 is 0 Å². The van der Waals surface area contributed by atoms with Gasteiger partial charge in [-0.2, -0.15) is 0 Å². The zero-order valence-electron chi connectivity index (χ0n) is 51.1. The summed E-state index contributed by atoms with van der Waals surface area (Å²) in [6, 6.07) is 38.1. The Kier molecular flexibility index (Phi) is 21.7. The van der Waals surface area contributed by atoms with E-state index in [0.717, 1.165) is 34.3 Å². The van der Waals surface area contributed by atoms with Gasteiger partial charge in [0.15, 0.2) is 0 Å². The van der Waals surface area contributed by atoms with Gasteiger partial charge in [-0.15, -0.1) is 0 Å². The minimum atomic E-state index is -0.912. The van der Waals surface area contributed by atoms with E-state index in [1.165, 1.54) is 93.9 Å². The first-order valence-electron chi connectivity index (χ1n) is 28.5. The summed E-state index contributed by atoms with van der Waals surface area (Å²) in [5.74, 6) is -2.71. The van der Waals surface area contributed by atoms with Crippen LogP contribution < -0.4 is 0 Å². The molecule has 5 aromatic rings. The molecule has 5 aromatic carbocycles. The number of aliphatic carboxylic acids is 1. The van der Waals surface area contributed by atoms with Gasteiger partial charge in [0.05, 0.1) is 11.1 Å². The fraction of sp³-hybridized carbons (Fsp3) is 0.310. The molecule has 0 saturated carbocycles. The first-order chi connectivity index (χ1) is 38.7. The van der Waals surface area contributed by atoms with Gasteiger partial charge in [0.2, 0.25) is 0 Å². The molecule has 8 rings (SSSR count). The van der Waals surface area contributed by atoms with Crippen LogP contribution in [0.2, 0.25) is 0 Å². The summed E-state index contributed by atoms with van der Waals surface area (Å²) in [5.41, 5.74) is 19.9. The summed E-state index contributed by atoms with van der Waals surface area (Å²) in [6.07, 6.45) is 27.0. The third-order valence-corrected chi connectivity index (χ3v) is 15.6. The summed E-state index contributed by atoms with van der Waals surface area (Å²) in [5, 5.41) is 26.7. The lowest BCUT2D eigenvalue weighted by atomic mass is 9.63. The van der Waals surface area contributed by atoms with Gasteiger partial charge in [0, 0.05) is 13.3 Å². The molecule has 7 nitrogen and oxygen atoms in total. The van der Waals surface area contributed by atoms with Crippen molar-refractivity contribution in [1.29, 1.82) is 0 Å². The van der Waals surface area contributed by atoms with E-state index < -0.39 is 17.9 Å². The molecule has 2 radical (unpaired) electrons. The fourth-order valence-corrected chi connectivity index (χ4v) is 10.6. The van der Waals surface area contributed by atoms with Crippen LogP contribution in [0, 0.1) is 5.41 Å².